The number of fused-ring (bicyclic) bond motifs is 5. The minimum atomic E-state index is -1.45. The van der Waals surface area contributed by atoms with Crippen LogP contribution in [0.25, 0.3) is 0 Å². The number of hydrogen-bond acceptors (Lipinski definition) is 1. The van der Waals surface area contributed by atoms with Crippen molar-refractivity contribution in [3.63, 3.8) is 0 Å². The van der Waals surface area contributed by atoms with E-state index in [1.807, 2.05) is 0 Å². The summed E-state index contributed by atoms with van der Waals surface area (Å²) in [6.45, 7) is 22.3. The largest absolute Gasteiger partial charge is 0.414 e. The second kappa shape index (κ2) is 9.42. The molecule has 1 nitrogen and oxygen atoms in total. The van der Waals surface area contributed by atoms with E-state index in [-0.39, 0.29) is 0 Å². The van der Waals surface area contributed by atoms with Gasteiger partial charge in [-0.2, -0.15) is 0 Å². The zero-order chi connectivity index (χ0) is 24.2. The molecule has 0 aromatic carbocycles. The molecule has 0 aliphatic heterocycles. The van der Waals surface area contributed by atoms with Crippen molar-refractivity contribution in [3.8, 4) is 0 Å². The van der Waals surface area contributed by atoms with Gasteiger partial charge in [0.1, 0.15) is 0 Å². The molecule has 4 rings (SSSR count). The highest BCUT2D eigenvalue weighted by molar-refractivity contribution is 6.69. The highest BCUT2D eigenvalue weighted by Crippen LogP contribution is 2.67. The van der Waals surface area contributed by atoms with Crippen LogP contribution in [0.1, 0.15) is 106 Å². The summed E-state index contributed by atoms with van der Waals surface area (Å²) >= 11 is 0. The maximum atomic E-state index is 6.59. The molecule has 2 heteroatoms. The van der Waals surface area contributed by atoms with E-state index in [2.05, 4.69) is 67.3 Å². The smallest absolute Gasteiger partial charge is 0.184 e. The summed E-state index contributed by atoms with van der Waals surface area (Å²) in [4.78, 5) is 0. The van der Waals surface area contributed by atoms with Gasteiger partial charge in [-0.1, -0.05) is 66.0 Å². The fourth-order valence-electron chi connectivity index (χ4n) is 9.26. The first kappa shape index (κ1) is 26.0. The van der Waals surface area contributed by atoms with Crippen molar-refractivity contribution in [2.75, 3.05) is 0 Å². The highest BCUT2D eigenvalue weighted by Gasteiger charge is 2.59. The predicted molar refractivity (Wildman–Crippen MR) is 146 cm³/mol. The molecule has 4 aliphatic carbocycles. The third kappa shape index (κ3) is 4.96. The summed E-state index contributed by atoms with van der Waals surface area (Å²) in [5.41, 5.74) is 2.84. The molecule has 33 heavy (non-hydrogen) atoms. The Hall–Kier alpha value is -0.0831. The minimum Gasteiger partial charge on any atom is -0.414 e. The first-order valence-electron chi connectivity index (χ1n) is 14.7. The second-order valence-electron chi connectivity index (χ2n) is 14.9. The van der Waals surface area contributed by atoms with Crippen LogP contribution in [0.4, 0.5) is 0 Å². The fourth-order valence-corrected chi connectivity index (χ4v) is 10.5. The second-order valence-corrected chi connectivity index (χ2v) is 19.3. The molecule has 0 radical (unpaired) electrons. The summed E-state index contributed by atoms with van der Waals surface area (Å²) in [6, 6.07) is 0. The van der Waals surface area contributed by atoms with Gasteiger partial charge in [-0.15, -0.1) is 0 Å². The molecule has 0 amide bonds. The van der Waals surface area contributed by atoms with Crippen LogP contribution in [0.3, 0.4) is 0 Å². The normalized spacial score (nSPS) is 42.8. The van der Waals surface area contributed by atoms with Crippen LogP contribution < -0.4 is 0 Å². The molecule has 3 saturated carbocycles. The number of allylic oxidation sites excluding steroid dienone is 1. The Morgan fingerprint density at radius 2 is 1.67 bits per heavy atom. The van der Waals surface area contributed by atoms with E-state index in [4.69, 9.17) is 4.43 Å². The van der Waals surface area contributed by atoms with Crippen LogP contribution in [0.2, 0.25) is 19.6 Å². The minimum absolute atomic E-state index is 0.458. The molecule has 9 atom stereocenters. The Bertz CT molecular complexity index is 719. The third-order valence-electron chi connectivity index (χ3n) is 11.6. The number of rotatable bonds is 7. The molecule has 0 aromatic rings. The maximum Gasteiger partial charge on any atom is 0.184 e. The van der Waals surface area contributed by atoms with E-state index in [1.54, 1.807) is 5.57 Å². The summed E-state index contributed by atoms with van der Waals surface area (Å²) in [5, 5.41) is 0. The van der Waals surface area contributed by atoms with Crippen molar-refractivity contribution in [1.82, 2.24) is 0 Å². The predicted octanol–water partition coefficient (Wildman–Crippen LogP) is 9.49. The Kier molecular flexibility index (Phi) is 7.42. The van der Waals surface area contributed by atoms with Crippen molar-refractivity contribution in [3.05, 3.63) is 11.6 Å². The quantitative estimate of drug-likeness (QED) is 0.265. The van der Waals surface area contributed by atoms with Crippen molar-refractivity contribution < 1.29 is 4.43 Å². The van der Waals surface area contributed by atoms with Gasteiger partial charge in [0.2, 0.25) is 0 Å². The van der Waals surface area contributed by atoms with Gasteiger partial charge in [0.05, 0.1) is 0 Å². The molecule has 190 valence electrons. The Morgan fingerprint density at radius 3 is 2.33 bits per heavy atom. The van der Waals surface area contributed by atoms with Crippen molar-refractivity contribution >= 4 is 8.32 Å². The topological polar surface area (TPSA) is 9.23 Å². The average Bonchev–Trinajstić information content (AvgIpc) is 3.08. The molecular formula is C31H56OSi. The van der Waals surface area contributed by atoms with Crippen LogP contribution in [-0.2, 0) is 4.43 Å². The van der Waals surface area contributed by atoms with E-state index in [1.165, 1.54) is 64.2 Å². The van der Waals surface area contributed by atoms with Gasteiger partial charge in [0, 0.05) is 6.10 Å². The van der Waals surface area contributed by atoms with Gasteiger partial charge in [-0.25, -0.2) is 0 Å². The van der Waals surface area contributed by atoms with Crippen molar-refractivity contribution in [2.24, 2.45) is 52.3 Å². The molecule has 3 fully saturated rings. The SMILES string of the molecule is CC(C)C(C)CCC(C)C1CCC2C3CC=C4CC(O[Si](C)(C)C)CCC4(C)C3CCC12C. The van der Waals surface area contributed by atoms with E-state index in [0.29, 0.717) is 16.9 Å². The highest BCUT2D eigenvalue weighted by atomic mass is 28.4. The van der Waals surface area contributed by atoms with Crippen molar-refractivity contribution in [2.45, 2.75) is 131 Å². The van der Waals surface area contributed by atoms with E-state index in [9.17, 15) is 0 Å². The Balaban J connectivity index is 1.46. The van der Waals surface area contributed by atoms with Gasteiger partial charge in [-0.3, -0.25) is 0 Å². The van der Waals surface area contributed by atoms with Crippen LogP contribution in [0.15, 0.2) is 11.6 Å². The lowest BCUT2D eigenvalue weighted by Gasteiger charge is -2.58. The van der Waals surface area contributed by atoms with Gasteiger partial charge >= 0.3 is 0 Å². The van der Waals surface area contributed by atoms with E-state index < -0.39 is 8.32 Å². The third-order valence-corrected chi connectivity index (χ3v) is 12.6. The van der Waals surface area contributed by atoms with Gasteiger partial charge in [0.15, 0.2) is 8.32 Å². The molecule has 0 spiro atoms. The average molecular weight is 473 g/mol. The van der Waals surface area contributed by atoms with Crippen LogP contribution in [0, 0.1) is 52.3 Å². The molecular weight excluding hydrogens is 416 g/mol. The first-order chi connectivity index (χ1) is 15.3. The van der Waals surface area contributed by atoms with Crippen molar-refractivity contribution in [1.29, 1.82) is 0 Å². The van der Waals surface area contributed by atoms with Gasteiger partial charge < -0.3 is 4.43 Å². The van der Waals surface area contributed by atoms with Gasteiger partial charge in [-0.05, 0) is 123 Å². The molecule has 9 unspecified atom stereocenters. The summed E-state index contributed by atoms with van der Waals surface area (Å²) in [7, 11) is -1.45. The van der Waals surface area contributed by atoms with Gasteiger partial charge in [0.25, 0.3) is 0 Å². The lowest BCUT2D eigenvalue weighted by atomic mass is 9.47. The van der Waals surface area contributed by atoms with E-state index in [0.717, 1.165) is 41.4 Å². The molecule has 4 aliphatic rings. The van der Waals surface area contributed by atoms with E-state index >= 15 is 0 Å². The summed E-state index contributed by atoms with van der Waals surface area (Å²) in [6.07, 6.45) is 17.3. The standard InChI is InChI=1S/C31H56OSi/c1-21(2)22(3)10-11-23(4)27-14-15-28-26-13-12-24-20-25(32-33(7,8)9)16-18-30(24,5)29(26)17-19-31(27,28)6/h12,21-23,25-29H,10-11,13-20H2,1-9H3. The summed E-state index contributed by atoms with van der Waals surface area (Å²) < 4.78 is 6.59. The molecule has 0 aromatic heterocycles. The molecule has 0 saturated heterocycles. The molecule has 0 bridgehead atoms. The maximum absolute atomic E-state index is 6.59. The monoisotopic (exact) mass is 472 g/mol. The number of hydrogen-bond donors (Lipinski definition) is 0. The lowest BCUT2D eigenvalue weighted by molar-refractivity contribution is -0.0565. The fraction of sp³-hybridized carbons (Fsp3) is 0.935. The zero-order valence-electron chi connectivity index (χ0n) is 23.7. The Morgan fingerprint density at radius 1 is 0.939 bits per heavy atom. The zero-order valence-corrected chi connectivity index (χ0v) is 24.7. The molecule has 0 heterocycles. The van der Waals surface area contributed by atoms with Crippen LogP contribution in [-0.4, -0.2) is 14.4 Å². The first-order valence-corrected chi connectivity index (χ1v) is 18.1. The van der Waals surface area contributed by atoms with Crippen LogP contribution >= 0.6 is 0 Å². The molecule has 0 N–H and O–H groups in total. The van der Waals surface area contributed by atoms with Crippen LogP contribution in [0.5, 0.6) is 0 Å². The summed E-state index contributed by atoms with van der Waals surface area (Å²) in [5.74, 6) is 6.40. The lowest BCUT2D eigenvalue weighted by Crippen LogP contribution is -2.51. The Labute approximate surface area is 208 Å².